The summed E-state index contributed by atoms with van der Waals surface area (Å²) in [6, 6.07) is 24.8. The SMILES string of the molecule is Cc1ccc(N=NNc2ccc(C)c3ccccc23)c2ccccc12. The number of fused-ring (bicyclic) bond motifs is 2. The van der Waals surface area contributed by atoms with Gasteiger partial charge in [0.15, 0.2) is 0 Å². The van der Waals surface area contributed by atoms with E-state index in [9.17, 15) is 0 Å². The predicted octanol–water partition coefficient (Wildman–Crippen LogP) is 6.72. The summed E-state index contributed by atoms with van der Waals surface area (Å²) in [6.45, 7) is 4.23. The smallest absolute Gasteiger partial charge is 0.0952 e. The van der Waals surface area contributed by atoms with E-state index in [2.05, 4.69) is 72.1 Å². The normalized spacial score (nSPS) is 11.4. The van der Waals surface area contributed by atoms with Crippen molar-refractivity contribution >= 4 is 32.9 Å². The van der Waals surface area contributed by atoms with Crippen LogP contribution in [0.15, 0.2) is 83.1 Å². The molecule has 122 valence electrons. The van der Waals surface area contributed by atoms with Crippen LogP contribution in [0.5, 0.6) is 0 Å². The Bertz CT molecular complexity index is 1100. The number of rotatable bonds is 3. The van der Waals surface area contributed by atoms with Crippen molar-refractivity contribution in [2.75, 3.05) is 5.43 Å². The molecule has 0 atom stereocenters. The fraction of sp³-hybridized carbons (Fsp3) is 0.0909. The molecule has 0 heterocycles. The van der Waals surface area contributed by atoms with Crippen LogP contribution >= 0.6 is 0 Å². The van der Waals surface area contributed by atoms with Gasteiger partial charge in [0, 0.05) is 10.8 Å². The first-order valence-corrected chi connectivity index (χ1v) is 8.37. The molecule has 0 saturated carbocycles. The van der Waals surface area contributed by atoms with Gasteiger partial charge in [-0.2, -0.15) is 0 Å². The van der Waals surface area contributed by atoms with Crippen molar-refractivity contribution in [3.8, 4) is 0 Å². The molecule has 0 aromatic heterocycles. The lowest BCUT2D eigenvalue weighted by atomic mass is 10.0. The second-order valence-electron chi connectivity index (χ2n) is 6.23. The fourth-order valence-corrected chi connectivity index (χ4v) is 3.20. The second-order valence-corrected chi connectivity index (χ2v) is 6.23. The molecule has 0 aliphatic rings. The topological polar surface area (TPSA) is 36.8 Å². The number of aryl methyl sites for hydroxylation is 2. The molecule has 4 rings (SSSR count). The Morgan fingerprint density at radius 1 is 0.600 bits per heavy atom. The molecule has 0 spiro atoms. The second kappa shape index (κ2) is 6.36. The van der Waals surface area contributed by atoms with Crippen LogP contribution in [0.2, 0.25) is 0 Å². The predicted molar refractivity (Wildman–Crippen MR) is 106 cm³/mol. The third-order valence-electron chi connectivity index (χ3n) is 4.59. The Morgan fingerprint density at radius 2 is 1.16 bits per heavy atom. The molecule has 4 aromatic carbocycles. The Morgan fingerprint density at radius 3 is 1.88 bits per heavy atom. The van der Waals surface area contributed by atoms with Crippen molar-refractivity contribution in [1.82, 2.24) is 0 Å². The Hall–Kier alpha value is -3.20. The minimum Gasteiger partial charge on any atom is -0.259 e. The van der Waals surface area contributed by atoms with Crippen molar-refractivity contribution < 1.29 is 0 Å². The van der Waals surface area contributed by atoms with Gasteiger partial charge in [-0.05, 0) is 47.9 Å². The lowest BCUT2D eigenvalue weighted by molar-refractivity contribution is 1.14. The maximum absolute atomic E-state index is 4.41. The zero-order valence-corrected chi connectivity index (χ0v) is 14.3. The Kier molecular flexibility index (Phi) is 3.90. The molecule has 0 saturated heterocycles. The first-order valence-electron chi connectivity index (χ1n) is 8.37. The zero-order valence-electron chi connectivity index (χ0n) is 14.3. The number of hydrogen-bond donors (Lipinski definition) is 1. The van der Waals surface area contributed by atoms with Gasteiger partial charge >= 0.3 is 0 Å². The van der Waals surface area contributed by atoms with Crippen LogP contribution in [-0.2, 0) is 0 Å². The lowest BCUT2D eigenvalue weighted by Gasteiger charge is -2.08. The third-order valence-corrected chi connectivity index (χ3v) is 4.59. The van der Waals surface area contributed by atoms with Gasteiger partial charge in [-0.25, -0.2) is 0 Å². The maximum Gasteiger partial charge on any atom is 0.0952 e. The molecule has 0 bridgehead atoms. The summed E-state index contributed by atoms with van der Waals surface area (Å²) in [5.41, 5.74) is 7.42. The average Bonchev–Trinajstić information content (AvgIpc) is 2.66. The van der Waals surface area contributed by atoms with Crippen molar-refractivity contribution in [3.63, 3.8) is 0 Å². The minimum atomic E-state index is 0.866. The first kappa shape index (κ1) is 15.3. The van der Waals surface area contributed by atoms with Gasteiger partial charge in [-0.15, -0.1) is 5.11 Å². The van der Waals surface area contributed by atoms with E-state index >= 15 is 0 Å². The van der Waals surface area contributed by atoms with E-state index in [4.69, 9.17) is 0 Å². The van der Waals surface area contributed by atoms with E-state index in [1.165, 1.54) is 21.9 Å². The highest BCUT2D eigenvalue weighted by molar-refractivity contribution is 5.96. The number of anilines is 1. The van der Waals surface area contributed by atoms with Crippen molar-refractivity contribution in [2.45, 2.75) is 13.8 Å². The molecule has 3 heteroatoms. The molecule has 0 aliphatic heterocycles. The maximum atomic E-state index is 4.41. The molecule has 4 aromatic rings. The van der Waals surface area contributed by atoms with Crippen LogP contribution in [0.1, 0.15) is 11.1 Å². The van der Waals surface area contributed by atoms with Crippen LogP contribution in [0.3, 0.4) is 0 Å². The largest absolute Gasteiger partial charge is 0.259 e. The number of hydrogen-bond acceptors (Lipinski definition) is 2. The number of nitrogens with zero attached hydrogens (tertiary/aromatic N) is 2. The van der Waals surface area contributed by atoms with E-state index in [0.717, 1.165) is 22.1 Å². The standard InChI is InChI=1S/C22H19N3/c1-15-11-13-21(19-9-5-3-7-17(15)19)23-25-24-22-14-12-16(2)18-8-4-6-10-20(18)22/h3-14H,1-2H3,(H,23,24). The highest BCUT2D eigenvalue weighted by Crippen LogP contribution is 2.30. The van der Waals surface area contributed by atoms with E-state index < -0.39 is 0 Å². The van der Waals surface area contributed by atoms with Crippen LogP contribution in [0.4, 0.5) is 11.4 Å². The molecule has 0 amide bonds. The van der Waals surface area contributed by atoms with E-state index in [0.29, 0.717) is 0 Å². The van der Waals surface area contributed by atoms with Crippen LogP contribution < -0.4 is 5.43 Å². The summed E-state index contributed by atoms with van der Waals surface area (Å²) in [5.74, 6) is 0. The molecule has 0 radical (unpaired) electrons. The molecule has 1 N–H and O–H groups in total. The van der Waals surface area contributed by atoms with Gasteiger partial charge in [0.2, 0.25) is 0 Å². The molecule has 3 nitrogen and oxygen atoms in total. The average molecular weight is 325 g/mol. The first-order chi connectivity index (χ1) is 12.2. The van der Waals surface area contributed by atoms with Crippen LogP contribution in [-0.4, -0.2) is 0 Å². The molecule has 0 fully saturated rings. The molecule has 25 heavy (non-hydrogen) atoms. The fourth-order valence-electron chi connectivity index (χ4n) is 3.20. The minimum absolute atomic E-state index is 0.866. The Labute approximate surface area is 147 Å². The third kappa shape index (κ3) is 2.85. The number of nitrogens with one attached hydrogen (secondary N) is 1. The molecule has 0 aliphatic carbocycles. The summed E-state index contributed by atoms with van der Waals surface area (Å²) in [5, 5.41) is 13.4. The van der Waals surface area contributed by atoms with E-state index in [1.54, 1.807) is 0 Å². The van der Waals surface area contributed by atoms with Gasteiger partial charge in [-0.3, -0.25) is 5.43 Å². The molecular weight excluding hydrogens is 306 g/mol. The van der Waals surface area contributed by atoms with Gasteiger partial charge in [0.25, 0.3) is 0 Å². The van der Waals surface area contributed by atoms with E-state index in [-0.39, 0.29) is 0 Å². The van der Waals surface area contributed by atoms with Crippen molar-refractivity contribution in [1.29, 1.82) is 0 Å². The number of benzene rings is 4. The summed E-state index contributed by atoms with van der Waals surface area (Å²) in [4.78, 5) is 0. The van der Waals surface area contributed by atoms with Gasteiger partial charge in [0.05, 0.1) is 11.4 Å². The lowest BCUT2D eigenvalue weighted by Crippen LogP contribution is -1.90. The molecule has 0 unspecified atom stereocenters. The van der Waals surface area contributed by atoms with Gasteiger partial charge in [0.1, 0.15) is 0 Å². The van der Waals surface area contributed by atoms with E-state index in [1.807, 2.05) is 30.3 Å². The van der Waals surface area contributed by atoms with Gasteiger partial charge in [-0.1, -0.05) is 65.9 Å². The monoisotopic (exact) mass is 325 g/mol. The summed E-state index contributed by atoms with van der Waals surface area (Å²) in [7, 11) is 0. The van der Waals surface area contributed by atoms with Crippen LogP contribution in [0, 0.1) is 13.8 Å². The van der Waals surface area contributed by atoms with Gasteiger partial charge < -0.3 is 0 Å². The summed E-state index contributed by atoms with van der Waals surface area (Å²) < 4.78 is 0. The quantitative estimate of drug-likeness (QED) is 0.329. The highest BCUT2D eigenvalue weighted by Gasteiger charge is 2.04. The van der Waals surface area contributed by atoms with Crippen LogP contribution in [0.25, 0.3) is 21.5 Å². The Balaban J connectivity index is 1.69. The highest BCUT2D eigenvalue weighted by atomic mass is 15.4. The zero-order chi connectivity index (χ0) is 17.2. The summed E-state index contributed by atoms with van der Waals surface area (Å²) >= 11 is 0. The molecular formula is C22H19N3. The van der Waals surface area contributed by atoms with Crippen molar-refractivity contribution in [3.05, 3.63) is 83.9 Å². The van der Waals surface area contributed by atoms with Crippen molar-refractivity contribution in [2.24, 2.45) is 10.3 Å². The summed E-state index contributed by atoms with van der Waals surface area (Å²) in [6.07, 6.45) is 0.